The summed E-state index contributed by atoms with van der Waals surface area (Å²) in [6.45, 7) is 2.40. The minimum absolute atomic E-state index is 0.345. The summed E-state index contributed by atoms with van der Waals surface area (Å²) in [5.74, 6) is -3.01. The maximum Gasteiger partial charge on any atom is 0.430 e. The smallest absolute Gasteiger partial charge is 0.430 e. The van der Waals surface area contributed by atoms with E-state index in [0.717, 1.165) is 27.4 Å². The Labute approximate surface area is 196 Å². The Kier molecular flexibility index (Phi) is 7.06. The quantitative estimate of drug-likeness (QED) is 0.488. The van der Waals surface area contributed by atoms with Crippen molar-refractivity contribution in [2.75, 3.05) is 31.9 Å². The van der Waals surface area contributed by atoms with E-state index < -0.39 is 12.1 Å². The summed E-state index contributed by atoms with van der Waals surface area (Å²) >= 11 is 12.5. The summed E-state index contributed by atoms with van der Waals surface area (Å²) in [7, 11) is 0. The number of hydrazine groups is 1. The molecule has 33 heavy (non-hydrogen) atoms. The highest BCUT2D eigenvalue weighted by Gasteiger charge is 2.46. The van der Waals surface area contributed by atoms with Crippen molar-refractivity contribution in [1.82, 2.24) is 9.91 Å². The van der Waals surface area contributed by atoms with Gasteiger partial charge in [-0.2, -0.15) is 13.2 Å². The van der Waals surface area contributed by atoms with Crippen molar-refractivity contribution < 1.29 is 27.9 Å². The molecule has 0 unspecified atom stereocenters. The standard InChI is InChI=1S/C18H18Cl2N5O.C2HF3O2/c19-13-9-11(10-14(20)16(13)22)17-18-12-3-1-2-4-15(12)25(26)24(18)8-7-23(17)6-5-21;3-2(4,5)1(6)7/h1-4,9-10H,5-8,21-22H2;(H,6,7)/q+1;/p-1. The molecule has 0 radical (unpaired) electrons. The Morgan fingerprint density at radius 3 is 2.24 bits per heavy atom. The van der Waals surface area contributed by atoms with Gasteiger partial charge in [-0.05, 0) is 18.2 Å². The van der Waals surface area contributed by atoms with E-state index in [2.05, 4.69) is 4.90 Å². The summed E-state index contributed by atoms with van der Waals surface area (Å²) in [4.78, 5) is 24.7. The molecule has 8 nitrogen and oxygen atoms in total. The second kappa shape index (κ2) is 9.46. The van der Waals surface area contributed by atoms with Gasteiger partial charge in [-0.15, -0.1) is 0 Å². The second-order valence-electron chi connectivity index (χ2n) is 7.02. The summed E-state index contributed by atoms with van der Waals surface area (Å²) in [6.07, 6.45) is -5.19. The topological polar surface area (TPSA) is 119 Å². The summed E-state index contributed by atoms with van der Waals surface area (Å²) in [5.41, 5.74) is 16.1. The molecule has 4 N–H and O–H groups in total. The number of aliphatic carboxylic acids is 1. The first-order chi connectivity index (χ1) is 15.5. The lowest BCUT2D eigenvalue weighted by molar-refractivity contribution is -0.612. The molecule has 0 saturated carbocycles. The molecule has 4 rings (SSSR count). The molecule has 0 atom stereocenters. The van der Waals surface area contributed by atoms with E-state index in [4.69, 9.17) is 44.6 Å². The molecule has 0 spiro atoms. The minimum atomic E-state index is -5.19. The van der Waals surface area contributed by atoms with Crippen LogP contribution in [0.15, 0.2) is 36.4 Å². The lowest BCUT2D eigenvalue weighted by atomic mass is 10.0. The highest BCUT2D eigenvalue weighted by molar-refractivity contribution is 6.39. The zero-order valence-corrected chi connectivity index (χ0v) is 18.4. The summed E-state index contributed by atoms with van der Waals surface area (Å²) in [6, 6.07) is 11.1. The van der Waals surface area contributed by atoms with Gasteiger partial charge in [-0.3, -0.25) is 0 Å². The Balaban J connectivity index is 0.000000383. The number of fused-ring (bicyclic) bond motifs is 3. The van der Waals surface area contributed by atoms with Crippen LogP contribution in [-0.2, 0) is 4.79 Å². The van der Waals surface area contributed by atoms with Gasteiger partial charge in [-0.25, -0.2) is 0 Å². The summed E-state index contributed by atoms with van der Waals surface area (Å²) < 4.78 is 31.5. The predicted octanol–water partition coefficient (Wildman–Crippen LogP) is 2.62. The zero-order chi connectivity index (χ0) is 24.5. The van der Waals surface area contributed by atoms with Crippen LogP contribution in [0.1, 0.15) is 11.1 Å². The van der Waals surface area contributed by atoms with Crippen LogP contribution in [0.5, 0.6) is 0 Å². The van der Waals surface area contributed by atoms with E-state index in [1.165, 1.54) is 0 Å². The maximum absolute atomic E-state index is 12.8. The van der Waals surface area contributed by atoms with E-state index >= 15 is 0 Å². The number of nitrogens with two attached hydrogens (primary N) is 2. The number of alkyl halides is 3. The van der Waals surface area contributed by atoms with Gasteiger partial charge in [0.1, 0.15) is 18.2 Å². The number of carbonyl (C=O) groups is 1. The maximum atomic E-state index is 12.8. The molecule has 13 heteroatoms. The van der Waals surface area contributed by atoms with Crippen LogP contribution in [-0.4, -0.2) is 53.1 Å². The molecule has 2 aromatic rings. The number of nitrogen functional groups attached to an aromatic ring is 1. The molecule has 2 aromatic carbocycles. The fraction of sp³-hybridized carbons (Fsp3) is 0.250. The van der Waals surface area contributed by atoms with Gasteiger partial charge in [0.2, 0.25) is 0 Å². The molecule has 176 valence electrons. The van der Waals surface area contributed by atoms with E-state index in [0.29, 0.717) is 47.6 Å². The van der Waals surface area contributed by atoms with Gasteiger partial charge < -0.3 is 26.3 Å². The first-order valence-electron chi connectivity index (χ1n) is 9.53. The first kappa shape index (κ1) is 24.6. The average molecular weight is 504 g/mol. The number of para-hydroxylation sites is 1. The number of rotatable bonds is 3. The number of carbonyl (C=O) groups excluding carboxylic acids is 1. The molecule has 0 bridgehead atoms. The van der Waals surface area contributed by atoms with Gasteiger partial charge in [0, 0.05) is 31.3 Å². The molecule has 0 aromatic heterocycles. The van der Waals surface area contributed by atoms with E-state index in [1.54, 1.807) is 17.1 Å². The number of anilines is 1. The SMILES string of the molecule is NCCN1CCN2C(=C1c1cc(Cl)c(N)c(Cl)c1)c1ccccc1[N+]2=O.O=C([O-])C(F)(F)F. The highest BCUT2D eigenvalue weighted by atomic mass is 35.5. The lowest BCUT2D eigenvalue weighted by Crippen LogP contribution is -2.42. The van der Waals surface area contributed by atoms with Gasteiger partial charge in [0.05, 0.1) is 31.9 Å². The Bertz CT molecular complexity index is 1120. The summed E-state index contributed by atoms with van der Waals surface area (Å²) in [5, 5.41) is 11.3. The largest absolute Gasteiger partial charge is 0.542 e. The first-order valence-corrected chi connectivity index (χ1v) is 10.3. The molecule has 2 heterocycles. The minimum Gasteiger partial charge on any atom is -0.542 e. The number of benzene rings is 2. The number of hydrogen-bond donors (Lipinski definition) is 2. The molecule has 0 saturated heterocycles. The Morgan fingerprint density at radius 2 is 1.70 bits per heavy atom. The van der Waals surface area contributed by atoms with Crippen LogP contribution in [0.25, 0.3) is 11.4 Å². The molecular weight excluding hydrogens is 486 g/mol. The third-order valence-electron chi connectivity index (χ3n) is 4.95. The lowest BCUT2D eigenvalue weighted by Gasteiger charge is -2.34. The van der Waals surface area contributed by atoms with Crippen LogP contribution < -0.4 is 16.6 Å². The molecule has 2 aliphatic rings. The van der Waals surface area contributed by atoms with Gasteiger partial charge in [0.25, 0.3) is 0 Å². The molecule has 0 aliphatic carbocycles. The fourth-order valence-corrected chi connectivity index (χ4v) is 4.04. The second-order valence-corrected chi connectivity index (χ2v) is 7.84. The van der Waals surface area contributed by atoms with Crippen LogP contribution in [0.4, 0.5) is 24.5 Å². The van der Waals surface area contributed by atoms with Crippen LogP contribution >= 0.6 is 23.2 Å². The van der Waals surface area contributed by atoms with Gasteiger partial charge in [0.15, 0.2) is 4.87 Å². The number of carboxylic acid groups (broad SMARTS) is 1. The highest BCUT2D eigenvalue weighted by Crippen LogP contribution is 2.45. The van der Waals surface area contributed by atoms with Crippen molar-refractivity contribution in [1.29, 1.82) is 0 Å². The number of halogens is 5. The van der Waals surface area contributed by atoms with Crippen molar-refractivity contribution >= 4 is 51.9 Å². The van der Waals surface area contributed by atoms with Crippen molar-refractivity contribution in [2.24, 2.45) is 5.73 Å². The normalized spacial score (nSPS) is 15.2. The van der Waals surface area contributed by atoms with Crippen LogP contribution in [0, 0.1) is 4.91 Å². The third-order valence-corrected chi connectivity index (χ3v) is 5.57. The number of carboxylic acids is 1. The molecule has 0 fully saturated rings. The number of nitrogens with zero attached hydrogens (tertiary/aromatic N) is 3. The van der Waals surface area contributed by atoms with Gasteiger partial charge in [-0.1, -0.05) is 40.3 Å². The monoisotopic (exact) mass is 503 g/mol. The fourth-order valence-electron chi connectivity index (χ4n) is 3.55. The average Bonchev–Trinajstić information content (AvgIpc) is 3.04. The van der Waals surface area contributed by atoms with Gasteiger partial charge >= 0.3 is 11.9 Å². The number of nitroso groups, excluding NO2 is 1. The van der Waals surface area contributed by atoms with Crippen molar-refractivity contribution in [3.63, 3.8) is 0 Å². The molecule has 0 amide bonds. The van der Waals surface area contributed by atoms with E-state index in [1.807, 2.05) is 24.3 Å². The van der Waals surface area contributed by atoms with Crippen molar-refractivity contribution in [3.8, 4) is 0 Å². The van der Waals surface area contributed by atoms with Crippen molar-refractivity contribution in [3.05, 3.63) is 62.5 Å². The van der Waals surface area contributed by atoms with E-state index in [-0.39, 0.29) is 0 Å². The number of hydrogen-bond acceptors (Lipinski definition) is 6. The zero-order valence-electron chi connectivity index (χ0n) is 16.9. The Hall–Kier alpha value is -3.02. The van der Waals surface area contributed by atoms with E-state index in [9.17, 15) is 18.1 Å². The predicted molar refractivity (Wildman–Crippen MR) is 116 cm³/mol. The third kappa shape index (κ3) is 4.85. The van der Waals surface area contributed by atoms with Crippen LogP contribution in [0.2, 0.25) is 10.0 Å². The molecular formula is C20H18Cl2F3N5O3. The van der Waals surface area contributed by atoms with Crippen molar-refractivity contribution in [2.45, 2.75) is 6.18 Å². The molecule has 2 aliphatic heterocycles. The Morgan fingerprint density at radius 1 is 1.12 bits per heavy atom. The van der Waals surface area contributed by atoms with Crippen LogP contribution in [0.3, 0.4) is 0 Å².